The van der Waals surface area contributed by atoms with E-state index in [2.05, 4.69) is 21.2 Å². The van der Waals surface area contributed by atoms with E-state index in [9.17, 15) is 9.18 Å². The Bertz CT molecular complexity index is 430. The number of carbonyl (C=O) groups excluding carboxylic acids is 1. The van der Waals surface area contributed by atoms with Crippen LogP contribution in [0.15, 0.2) is 22.7 Å². The number of nitrogens with one attached hydrogen (secondary N) is 1. The minimum atomic E-state index is -0.291. The summed E-state index contributed by atoms with van der Waals surface area (Å²) in [7, 11) is 0. The fourth-order valence-electron chi connectivity index (χ4n) is 2.31. The Labute approximate surface area is 115 Å². The molecule has 2 rings (SSSR count). The molecule has 1 aromatic rings. The van der Waals surface area contributed by atoms with Gasteiger partial charge in [0.15, 0.2) is 0 Å². The lowest BCUT2D eigenvalue weighted by Crippen LogP contribution is -2.11. The fraction of sp³-hybridized carbons (Fsp3) is 0.500. The number of hydrogen-bond acceptors (Lipinski definition) is 2. The molecular formula is C14H17BrFNO. The van der Waals surface area contributed by atoms with Crippen LogP contribution in [0.5, 0.6) is 0 Å². The SMILES string of the molecule is O=C(CCC1CCNC1)Cc1cc(F)ccc1Br. The van der Waals surface area contributed by atoms with Crippen LogP contribution in [0.4, 0.5) is 4.39 Å². The maximum atomic E-state index is 13.1. The van der Waals surface area contributed by atoms with Crippen molar-refractivity contribution in [1.82, 2.24) is 5.32 Å². The van der Waals surface area contributed by atoms with E-state index < -0.39 is 0 Å². The van der Waals surface area contributed by atoms with Gasteiger partial charge in [0, 0.05) is 17.3 Å². The first-order valence-corrected chi connectivity index (χ1v) is 7.11. The van der Waals surface area contributed by atoms with E-state index in [0.717, 1.165) is 36.0 Å². The lowest BCUT2D eigenvalue weighted by Gasteiger charge is -2.08. The molecule has 1 aliphatic heterocycles. The predicted octanol–water partition coefficient (Wildman–Crippen LogP) is 3.09. The van der Waals surface area contributed by atoms with E-state index in [1.54, 1.807) is 6.07 Å². The minimum absolute atomic E-state index is 0.188. The third kappa shape index (κ3) is 3.89. The van der Waals surface area contributed by atoms with Gasteiger partial charge in [0.05, 0.1) is 0 Å². The summed E-state index contributed by atoms with van der Waals surface area (Å²) in [6.07, 6.45) is 3.02. The Kier molecular flexibility index (Phi) is 4.89. The largest absolute Gasteiger partial charge is 0.316 e. The Morgan fingerprint density at radius 2 is 2.33 bits per heavy atom. The second-order valence-electron chi connectivity index (χ2n) is 4.85. The summed E-state index contributed by atoms with van der Waals surface area (Å²) < 4.78 is 13.9. The van der Waals surface area contributed by atoms with Crippen molar-refractivity contribution >= 4 is 21.7 Å². The number of rotatable bonds is 5. The van der Waals surface area contributed by atoms with Crippen LogP contribution in [0.2, 0.25) is 0 Å². The highest BCUT2D eigenvalue weighted by Crippen LogP contribution is 2.20. The number of benzene rings is 1. The van der Waals surface area contributed by atoms with Gasteiger partial charge in [-0.3, -0.25) is 4.79 Å². The van der Waals surface area contributed by atoms with E-state index in [1.807, 2.05) is 0 Å². The van der Waals surface area contributed by atoms with Gasteiger partial charge in [-0.25, -0.2) is 4.39 Å². The van der Waals surface area contributed by atoms with E-state index in [-0.39, 0.29) is 11.6 Å². The van der Waals surface area contributed by atoms with Gasteiger partial charge in [-0.05, 0) is 55.6 Å². The van der Waals surface area contributed by atoms with Gasteiger partial charge in [0.25, 0.3) is 0 Å². The summed E-state index contributed by atoms with van der Waals surface area (Å²) in [6, 6.07) is 4.47. The zero-order valence-corrected chi connectivity index (χ0v) is 11.8. The fourth-order valence-corrected chi connectivity index (χ4v) is 2.69. The second kappa shape index (κ2) is 6.43. The summed E-state index contributed by atoms with van der Waals surface area (Å²) in [5, 5.41) is 3.29. The van der Waals surface area contributed by atoms with Crippen molar-refractivity contribution in [2.45, 2.75) is 25.7 Å². The van der Waals surface area contributed by atoms with Gasteiger partial charge in [-0.2, -0.15) is 0 Å². The summed E-state index contributed by atoms with van der Waals surface area (Å²) in [6.45, 7) is 2.09. The van der Waals surface area contributed by atoms with E-state index in [0.29, 0.717) is 18.8 Å². The molecule has 4 heteroatoms. The molecule has 1 fully saturated rings. The maximum Gasteiger partial charge on any atom is 0.137 e. The molecule has 2 nitrogen and oxygen atoms in total. The lowest BCUT2D eigenvalue weighted by atomic mass is 9.98. The first-order valence-electron chi connectivity index (χ1n) is 6.31. The molecule has 1 aliphatic rings. The van der Waals surface area contributed by atoms with Gasteiger partial charge >= 0.3 is 0 Å². The van der Waals surface area contributed by atoms with Crippen molar-refractivity contribution in [2.24, 2.45) is 5.92 Å². The molecule has 1 unspecified atom stereocenters. The third-order valence-corrected chi connectivity index (χ3v) is 4.16. The molecule has 1 heterocycles. The topological polar surface area (TPSA) is 29.1 Å². The van der Waals surface area contributed by atoms with Gasteiger partial charge in [0.2, 0.25) is 0 Å². The minimum Gasteiger partial charge on any atom is -0.316 e. The molecule has 1 saturated heterocycles. The van der Waals surface area contributed by atoms with Gasteiger partial charge in [-0.1, -0.05) is 15.9 Å². The zero-order valence-electron chi connectivity index (χ0n) is 10.2. The molecule has 0 aliphatic carbocycles. The van der Waals surface area contributed by atoms with Crippen LogP contribution >= 0.6 is 15.9 Å². The predicted molar refractivity (Wildman–Crippen MR) is 73.0 cm³/mol. The quantitative estimate of drug-likeness (QED) is 0.905. The molecule has 0 bridgehead atoms. The molecule has 0 amide bonds. The van der Waals surface area contributed by atoms with E-state index >= 15 is 0 Å². The highest BCUT2D eigenvalue weighted by molar-refractivity contribution is 9.10. The monoisotopic (exact) mass is 313 g/mol. The third-order valence-electron chi connectivity index (χ3n) is 3.39. The first-order chi connectivity index (χ1) is 8.65. The summed E-state index contributed by atoms with van der Waals surface area (Å²) in [4.78, 5) is 11.9. The van der Waals surface area contributed by atoms with Gasteiger partial charge in [-0.15, -0.1) is 0 Å². The van der Waals surface area contributed by atoms with Crippen molar-refractivity contribution < 1.29 is 9.18 Å². The Morgan fingerprint density at radius 3 is 3.06 bits per heavy atom. The molecule has 18 heavy (non-hydrogen) atoms. The maximum absolute atomic E-state index is 13.1. The van der Waals surface area contributed by atoms with Crippen molar-refractivity contribution in [3.8, 4) is 0 Å². The molecule has 98 valence electrons. The van der Waals surface area contributed by atoms with Crippen LogP contribution in [-0.4, -0.2) is 18.9 Å². The average Bonchev–Trinajstić information content (AvgIpc) is 2.84. The molecule has 0 radical (unpaired) electrons. The van der Waals surface area contributed by atoms with Crippen LogP contribution < -0.4 is 5.32 Å². The van der Waals surface area contributed by atoms with Crippen molar-refractivity contribution in [1.29, 1.82) is 0 Å². The molecule has 0 aromatic heterocycles. The van der Waals surface area contributed by atoms with E-state index in [4.69, 9.17) is 0 Å². The van der Waals surface area contributed by atoms with Crippen LogP contribution in [0.25, 0.3) is 0 Å². The molecule has 0 spiro atoms. The number of Topliss-reactive ketones (excluding diaryl/α,β-unsaturated/α-hetero) is 1. The number of ketones is 1. The zero-order chi connectivity index (χ0) is 13.0. The Balaban J connectivity index is 1.84. The molecule has 1 N–H and O–H groups in total. The lowest BCUT2D eigenvalue weighted by molar-refractivity contribution is -0.118. The number of hydrogen-bond donors (Lipinski definition) is 1. The highest BCUT2D eigenvalue weighted by Gasteiger charge is 2.16. The number of halogens is 2. The summed E-state index contributed by atoms with van der Waals surface area (Å²) >= 11 is 3.35. The van der Waals surface area contributed by atoms with Crippen molar-refractivity contribution in [3.05, 3.63) is 34.1 Å². The highest BCUT2D eigenvalue weighted by atomic mass is 79.9. The standard InChI is InChI=1S/C14H17BrFNO/c15-14-4-2-12(16)7-11(14)8-13(18)3-1-10-5-6-17-9-10/h2,4,7,10,17H,1,3,5-6,8-9H2. The Hall–Kier alpha value is -0.740. The first kappa shape index (κ1) is 13.7. The number of carbonyl (C=O) groups is 1. The smallest absolute Gasteiger partial charge is 0.137 e. The summed E-state index contributed by atoms with van der Waals surface area (Å²) in [5.41, 5.74) is 0.740. The average molecular weight is 314 g/mol. The molecule has 0 saturated carbocycles. The summed E-state index contributed by atoms with van der Waals surface area (Å²) in [5.74, 6) is 0.527. The van der Waals surface area contributed by atoms with Crippen LogP contribution in [-0.2, 0) is 11.2 Å². The van der Waals surface area contributed by atoms with Crippen LogP contribution in [0.1, 0.15) is 24.8 Å². The van der Waals surface area contributed by atoms with E-state index in [1.165, 1.54) is 12.1 Å². The van der Waals surface area contributed by atoms with Crippen LogP contribution in [0.3, 0.4) is 0 Å². The van der Waals surface area contributed by atoms with Crippen molar-refractivity contribution in [3.63, 3.8) is 0 Å². The van der Waals surface area contributed by atoms with Gasteiger partial charge in [0.1, 0.15) is 11.6 Å². The molecular weight excluding hydrogens is 297 g/mol. The second-order valence-corrected chi connectivity index (χ2v) is 5.70. The Morgan fingerprint density at radius 1 is 1.50 bits per heavy atom. The normalized spacial score (nSPS) is 19.1. The van der Waals surface area contributed by atoms with Gasteiger partial charge < -0.3 is 5.32 Å². The van der Waals surface area contributed by atoms with Crippen LogP contribution in [0, 0.1) is 11.7 Å². The molecule has 1 aromatic carbocycles. The molecule has 1 atom stereocenters. The van der Waals surface area contributed by atoms with Crippen molar-refractivity contribution in [2.75, 3.05) is 13.1 Å².